The molecule has 1 heterocycles. The van der Waals surface area contributed by atoms with Gasteiger partial charge in [0.1, 0.15) is 23.9 Å². The monoisotopic (exact) mass is 271 g/mol. The van der Waals surface area contributed by atoms with E-state index in [4.69, 9.17) is 38.1 Å². The Kier molecular flexibility index (Phi) is 3.94. The molecule has 0 spiro atoms. The summed E-state index contributed by atoms with van der Waals surface area (Å²) in [5, 5.41) is 0.966. The molecule has 0 aliphatic carbocycles. The first-order chi connectivity index (χ1) is 8.19. The van der Waals surface area contributed by atoms with E-state index >= 15 is 0 Å². The first-order valence-corrected chi connectivity index (χ1v) is 5.80. The van der Waals surface area contributed by atoms with Crippen molar-refractivity contribution in [2.45, 2.75) is 13.2 Å². The molecule has 0 saturated carbocycles. The van der Waals surface area contributed by atoms with Crippen LogP contribution in [0.4, 0.5) is 0 Å². The highest BCUT2D eigenvalue weighted by molar-refractivity contribution is 6.42. The molecule has 2 rings (SSSR count). The van der Waals surface area contributed by atoms with Crippen molar-refractivity contribution >= 4 is 23.2 Å². The molecule has 0 atom stereocenters. The van der Waals surface area contributed by atoms with Crippen LogP contribution in [-0.4, -0.2) is 0 Å². The van der Waals surface area contributed by atoms with Gasteiger partial charge in [0, 0.05) is 6.07 Å². The van der Waals surface area contributed by atoms with Crippen molar-refractivity contribution in [3.05, 3.63) is 51.9 Å². The molecule has 1 aromatic heterocycles. The molecule has 0 aliphatic rings. The fourth-order valence-electron chi connectivity index (χ4n) is 1.33. The highest BCUT2D eigenvalue weighted by Crippen LogP contribution is 2.26. The fourth-order valence-corrected chi connectivity index (χ4v) is 1.62. The normalized spacial score (nSPS) is 10.5. The molecule has 1 aromatic carbocycles. The molecule has 5 heteroatoms. The molecule has 0 bridgehead atoms. The molecule has 0 fully saturated rings. The molecule has 2 aromatic rings. The molecule has 0 aliphatic heterocycles. The molecule has 90 valence electrons. The Bertz CT molecular complexity index is 511. The van der Waals surface area contributed by atoms with Crippen LogP contribution in [0.15, 0.2) is 34.7 Å². The summed E-state index contributed by atoms with van der Waals surface area (Å²) >= 11 is 11.7. The van der Waals surface area contributed by atoms with Crippen molar-refractivity contribution in [2.75, 3.05) is 0 Å². The summed E-state index contributed by atoms with van der Waals surface area (Å²) in [5.41, 5.74) is 5.44. The third kappa shape index (κ3) is 3.16. The standard InChI is InChI=1S/C12H11Cl2NO2/c13-11-4-3-8(5-12(11)14)16-7-10-2-1-9(6-15)17-10/h1-5H,6-7,15H2. The van der Waals surface area contributed by atoms with E-state index in [1.165, 1.54) is 0 Å². The van der Waals surface area contributed by atoms with Crippen molar-refractivity contribution in [1.29, 1.82) is 0 Å². The lowest BCUT2D eigenvalue weighted by molar-refractivity contribution is 0.266. The van der Waals surface area contributed by atoms with Crippen LogP contribution < -0.4 is 10.5 Å². The van der Waals surface area contributed by atoms with Crippen molar-refractivity contribution in [3.8, 4) is 5.75 Å². The van der Waals surface area contributed by atoms with Crippen LogP contribution in [-0.2, 0) is 13.2 Å². The molecular formula is C12H11Cl2NO2. The molecule has 0 amide bonds. The number of ether oxygens (including phenoxy) is 1. The van der Waals surface area contributed by atoms with Gasteiger partial charge in [-0.15, -0.1) is 0 Å². The van der Waals surface area contributed by atoms with E-state index in [0.29, 0.717) is 28.9 Å². The number of halogens is 2. The number of furan rings is 1. The van der Waals surface area contributed by atoms with E-state index in [-0.39, 0.29) is 0 Å². The molecule has 17 heavy (non-hydrogen) atoms. The minimum atomic E-state index is 0.331. The average molecular weight is 272 g/mol. The van der Waals surface area contributed by atoms with Crippen molar-refractivity contribution in [2.24, 2.45) is 5.73 Å². The highest BCUT2D eigenvalue weighted by Gasteiger charge is 2.03. The van der Waals surface area contributed by atoms with Crippen LogP contribution in [0.2, 0.25) is 10.0 Å². The number of rotatable bonds is 4. The summed E-state index contributed by atoms with van der Waals surface area (Å²) in [6.45, 7) is 0.713. The van der Waals surface area contributed by atoms with E-state index < -0.39 is 0 Å². The fraction of sp³-hybridized carbons (Fsp3) is 0.167. The second kappa shape index (κ2) is 5.45. The van der Waals surface area contributed by atoms with Gasteiger partial charge < -0.3 is 14.9 Å². The van der Waals surface area contributed by atoms with Gasteiger partial charge in [-0.3, -0.25) is 0 Å². The zero-order valence-electron chi connectivity index (χ0n) is 8.95. The van der Waals surface area contributed by atoms with E-state index in [9.17, 15) is 0 Å². The van der Waals surface area contributed by atoms with E-state index in [0.717, 1.165) is 11.5 Å². The van der Waals surface area contributed by atoms with Crippen LogP contribution in [0.5, 0.6) is 5.75 Å². The minimum absolute atomic E-state index is 0.331. The largest absolute Gasteiger partial charge is 0.486 e. The Morgan fingerprint density at radius 2 is 1.82 bits per heavy atom. The lowest BCUT2D eigenvalue weighted by atomic mass is 10.3. The first-order valence-electron chi connectivity index (χ1n) is 5.04. The second-order valence-corrected chi connectivity index (χ2v) is 4.25. The maximum absolute atomic E-state index is 5.87. The topological polar surface area (TPSA) is 48.4 Å². The van der Waals surface area contributed by atoms with E-state index in [1.807, 2.05) is 12.1 Å². The molecule has 0 saturated heterocycles. The van der Waals surface area contributed by atoms with Crippen LogP contribution in [0.1, 0.15) is 11.5 Å². The predicted molar refractivity (Wildman–Crippen MR) is 67.4 cm³/mol. The molecule has 3 nitrogen and oxygen atoms in total. The number of benzene rings is 1. The Balaban J connectivity index is 1.99. The smallest absolute Gasteiger partial charge is 0.146 e. The molecule has 0 unspecified atom stereocenters. The third-order valence-corrected chi connectivity index (χ3v) is 2.93. The number of hydrogen-bond donors (Lipinski definition) is 1. The van der Waals surface area contributed by atoms with Crippen LogP contribution in [0, 0.1) is 0 Å². The predicted octanol–water partition coefficient (Wildman–Crippen LogP) is 3.62. The van der Waals surface area contributed by atoms with Crippen molar-refractivity contribution in [1.82, 2.24) is 0 Å². The van der Waals surface area contributed by atoms with E-state index in [2.05, 4.69) is 0 Å². The first kappa shape index (κ1) is 12.3. The third-order valence-electron chi connectivity index (χ3n) is 2.19. The Morgan fingerprint density at radius 1 is 1.06 bits per heavy atom. The SMILES string of the molecule is NCc1ccc(COc2ccc(Cl)c(Cl)c2)o1. The summed E-state index contributed by atoms with van der Waals surface area (Å²) in [5.74, 6) is 2.10. The quantitative estimate of drug-likeness (QED) is 0.924. The Hall–Kier alpha value is -1.16. The van der Waals surface area contributed by atoms with E-state index in [1.54, 1.807) is 18.2 Å². The average Bonchev–Trinajstić information content (AvgIpc) is 2.79. The lowest BCUT2D eigenvalue weighted by Crippen LogP contribution is -1.95. The summed E-state index contributed by atoms with van der Waals surface area (Å²) in [6, 6.07) is 8.76. The van der Waals surface area contributed by atoms with Gasteiger partial charge in [0.2, 0.25) is 0 Å². The van der Waals surface area contributed by atoms with Crippen molar-refractivity contribution < 1.29 is 9.15 Å². The van der Waals surface area contributed by atoms with Gasteiger partial charge in [-0.2, -0.15) is 0 Å². The minimum Gasteiger partial charge on any atom is -0.486 e. The maximum atomic E-state index is 5.87. The summed E-state index contributed by atoms with van der Waals surface area (Å²) in [4.78, 5) is 0. The van der Waals surface area contributed by atoms with Crippen LogP contribution >= 0.6 is 23.2 Å². The Labute approximate surface area is 109 Å². The van der Waals surface area contributed by atoms with Gasteiger partial charge in [-0.05, 0) is 24.3 Å². The summed E-state index contributed by atoms with van der Waals surface area (Å²) in [7, 11) is 0. The Morgan fingerprint density at radius 3 is 2.47 bits per heavy atom. The molecule has 2 N–H and O–H groups in total. The van der Waals surface area contributed by atoms with Crippen LogP contribution in [0.3, 0.4) is 0 Å². The maximum Gasteiger partial charge on any atom is 0.146 e. The highest BCUT2D eigenvalue weighted by atomic mass is 35.5. The van der Waals surface area contributed by atoms with Gasteiger partial charge >= 0.3 is 0 Å². The summed E-state index contributed by atoms with van der Waals surface area (Å²) in [6.07, 6.45) is 0. The number of nitrogens with two attached hydrogens (primary N) is 1. The summed E-state index contributed by atoms with van der Waals surface area (Å²) < 4.78 is 10.9. The zero-order valence-corrected chi connectivity index (χ0v) is 10.5. The van der Waals surface area contributed by atoms with Gasteiger partial charge in [-0.1, -0.05) is 23.2 Å². The van der Waals surface area contributed by atoms with Crippen molar-refractivity contribution in [3.63, 3.8) is 0 Å². The zero-order chi connectivity index (χ0) is 12.3. The van der Waals surface area contributed by atoms with Gasteiger partial charge in [-0.25, -0.2) is 0 Å². The van der Waals surface area contributed by atoms with Crippen LogP contribution in [0.25, 0.3) is 0 Å². The van der Waals surface area contributed by atoms with Gasteiger partial charge in [0.15, 0.2) is 0 Å². The molecular weight excluding hydrogens is 261 g/mol. The van der Waals surface area contributed by atoms with Gasteiger partial charge in [0.25, 0.3) is 0 Å². The molecule has 0 radical (unpaired) electrons. The number of hydrogen-bond acceptors (Lipinski definition) is 3. The van der Waals surface area contributed by atoms with Gasteiger partial charge in [0.05, 0.1) is 16.6 Å². The second-order valence-electron chi connectivity index (χ2n) is 3.44. The lowest BCUT2D eigenvalue weighted by Gasteiger charge is -2.05.